The molecular formula is C29H28N2O4S2. The molecule has 1 amide bonds. The van der Waals surface area contributed by atoms with Crippen LogP contribution in [0.2, 0.25) is 0 Å². The van der Waals surface area contributed by atoms with Crippen LogP contribution in [0.4, 0.5) is 11.4 Å². The standard InChI is InChI=1S/C29H28N2O4S2/c1-22-19-23(21-36-26-9-5-3-6-10-26)13-18-28(22)30-29(32)20-31(24-14-16-25(35-2)17-15-24)37(33,34)27-11-7-4-8-12-27/h3-19H,20-21H2,1-2H3,(H,30,32). The van der Waals surface area contributed by atoms with E-state index in [4.69, 9.17) is 4.74 Å². The van der Waals surface area contributed by atoms with Gasteiger partial charge in [0, 0.05) is 16.3 Å². The molecule has 37 heavy (non-hydrogen) atoms. The Morgan fingerprint density at radius 1 is 0.892 bits per heavy atom. The number of ether oxygens (including phenoxy) is 1. The second kappa shape index (κ2) is 12.0. The molecule has 0 aliphatic heterocycles. The van der Waals surface area contributed by atoms with Crippen LogP contribution in [0.3, 0.4) is 0 Å². The summed E-state index contributed by atoms with van der Waals surface area (Å²) in [5.74, 6) is 0.954. The zero-order valence-corrected chi connectivity index (χ0v) is 22.3. The summed E-state index contributed by atoms with van der Waals surface area (Å²) in [6.07, 6.45) is 0. The van der Waals surface area contributed by atoms with Crippen molar-refractivity contribution >= 4 is 39.1 Å². The van der Waals surface area contributed by atoms with Crippen molar-refractivity contribution in [3.05, 3.63) is 114 Å². The van der Waals surface area contributed by atoms with Crippen molar-refractivity contribution in [2.24, 2.45) is 0 Å². The molecule has 0 heterocycles. The molecule has 0 radical (unpaired) electrons. The Morgan fingerprint density at radius 2 is 1.54 bits per heavy atom. The molecule has 0 fully saturated rings. The lowest BCUT2D eigenvalue weighted by molar-refractivity contribution is -0.114. The van der Waals surface area contributed by atoms with Crippen LogP contribution in [-0.4, -0.2) is 28.0 Å². The van der Waals surface area contributed by atoms with Gasteiger partial charge in [0.1, 0.15) is 12.3 Å². The minimum absolute atomic E-state index is 0.107. The highest BCUT2D eigenvalue weighted by atomic mass is 32.2. The number of rotatable bonds is 10. The molecule has 0 aromatic heterocycles. The van der Waals surface area contributed by atoms with E-state index in [-0.39, 0.29) is 11.4 Å². The van der Waals surface area contributed by atoms with E-state index < -0.39 is 15.9 Å². The predicted molar refractivity (Wildman–Crippen MR) is 150 cm³/mol. The molecule has 0 saturated heterocycles. The minimum atomic E-state index is -3.98. The van der Waals surface area contributed by atoms with Crippen molar-refractivity contribution < 1.29 is 17.9 Å². The summed E-state index contributed by atoms with van der Waals surface area (Å²) >= 11 is 1.74. The van der Waals surface area contributed by atoms with Gasteiger partial charge < -0.3 is 10.1 Å². The number of hydrogen-bond donors (Lipinski definition) is 1. The summed E-state index contributed by atoms with van der Waals surface area (Å²) < 4.78 is 33.3. The number of benzene rings is 4. The average molecular weight is 533 g/mol. The van der Waals surface area contributed by atoms with Gasteiger partial charge in [0.05, 0.1) is 17.7 Å². The quantitative estimate of drug-likeness (QED) is 0.249. The number of amides is 1. The van der Waals surface area contributed by atoms with Gasteiger partial charge in [-0.05, 0) is 72.6 Å². The first-order valence-electron chi connectivity index (χ1n) is 11.7. The molecule has 4 aromatic carbocycles. The van der Waals surface area contributed by atoms with E-state index in [2.05, 4.69) is 17.4 Å². The van der Waals surface area contributed by atoms with Crippen LogP contribution in [0.1, 0.15) is 11.1 Å². The zero-order valence-electron chi connectivity index (χ0n) is 20.6. The van der Waals surface area contributed by atoms with Crippen LogP contribution >= 0.6 is 11.8 Å². The number of nitrogens with zero attached hydrogens (tertiary/aromatic N) is 1. The van der Waals surface area contributed by atoms with Crippen LogP contribution < -0.4 is 14.4 Å². The number of carbonyl (C=O) groups excluding carboxylic acids is 1. The number of anilines is 2. The Labute approximate surface area is 222 Å². The van der Waals surface area contributed by atoms with Gasteiger partial charge in [-0.25, -0.2) is 8.42 Å². The van der Waals surface area contributed by atoms with Gasteiger partial charge in [0.2, 0.25) is 5.91 Å². The third kappa shape index (κ3) is 6.72. The number of aryl methyl sites for hydroxylation is 1. The van der Waals surface area contributed by atoms with Gasteiger partial charge in [0.25, 0.3) is 10.0 Å². The Balaban J connectivity index is 1.51. The van der Waals surface area contributed by atoms with E-state index in [9.17, 15) is 13.2 Å². The lowest BCUT2D eigenvalue weighted by Gasteiger charge is -2.24. The third-order valence-corrected chi connectivity index (χ3v) is 8.56. The number of hydrogen-bond acceptors (Lipinski definition) is 5. The smallest absolute Gasteiger partial charge is 0.264 e. The molecular weight excluding hydrogens is 504 g/mol. The summed E-state index contributed by atoms with van der Waals surface area (Å²) in [5, 5.41) is 2.88. The maximum absolute atomic E-state index is 13.5. The van der Waals surface area contributed by atoms with E-state index in [0.29, 0.717) is 17.1 Å². The van der Waals surface area contributed by atoms with Gasteiger partial charge in [-0.15, -0.1) is 11.8 Å². The Bertz CT molecular complexity index is 1440. The number of carbonyl (C=O) groups is 1. The molecule has 0 saturated carbocycles. The lowest BCUT2D eigenvalue weighted by atomic mass is 10.1. The highest BCUT2D eigenvalue weighted by molar-refractivity contribution is 7.98. The highest BCUT2D eigenvalue weighted by Crippen LogP contribution is 2.27. The van der Waals surface area contributed by atoms with Gasteiger partial charge in [-0.1, -0.05) is 48.5 Å². The maximum atomic E-state index is 13.5. The largest absolute Gasteiger partial charge is 0.497 e. The van der Waals surface area contributed by atoms with Crippen LogP contribution in [0, 0.1) is 6.92 Å². The first-order chi connectivity index (χ1) is 17.9. The predicted octanol–water partition coefficient (Wildman–Crippen LogP) is 6.13. The van der Waals surface area contributed by atoms with E-state index in [0.717, 1.165) is 21.2 Å². The summed E-state index contributed by atoms with van der Waals surface area (Å²) in [5.41, 5.74) is 3.05. The number of sulfonamides is 1. The van der Waals surface area contributed by atoms with E-state index >= 15 is 0 Å². The summed E-state index contributed by atoms with van der Waals surface area (Å²) in [7, 11) is -2.45. The van der Waals surface area contributed by atoms with Gasteiger partial charge >= 0.3 is 0 Å². The lowest BCUT2D eigenvalue weighted by Crippen LogP contribution is -2.38. The van der Waals surface area contributed by atoms with E-state index in [1.807, 2.05) is 43.3 Å². The Kier molecular flexibility index (Phi) is 8.53. The first-order valence-corrected chi connectivity index (χ1v) is 14.1. The van der Waals surface area contributed by atoms with Crippen molar-refractivity contribution in [1.29, 1.82) is 0 Å². The fraction of sp³-hybridized carbons (Fsp3) is 0.138. The Morgan fingerprint density at radius 3 is 2.16 bits per heavy atom. The van der Waals surface area contributed by atoms with E-state index in [1.54, 1.807) is 54.2 Å². The molecule has 0 aliphatic rings. The third-order valence-electron chi connectivity index (χ3n) is 5.69. The van der Waals surface area contributed by atoms with Crippen molar-refractivity contribution in [2.45, 2.75) is 22.5 Å². The molecule has 6 nitrogen and oxygen atoms in total. The van der Waals surface area contributed by atoms with Crippen molar-refractivity contribution in [2.75, 3.05) is 23.3 Å². The molecule has 4 rings (SSSR count). The number of methoxy groups -OCH3 is 1. The monoisotopic (exact) mass is 532 g/mol. The van der Waals surface area contributed by atoms with Gasteiger partial charge in [0.15, 0.2) is 0 Å². The topological polar surface area (TPSA) is 75.7 Å². The second-order valence-electron chi connectivity index (χ2n) is 8.32. The zero-order chi connectivity index (χ0) is 26.3. The SMILES string of the molecule is COc1ccc(N(CC(=O)Nc2ccc(CSc3ccccc3)cc2C)S(=O)(=O)c2ccccc2)cc1. The first kappa shape index (κ1) is 26.3. The van der Waals surface area contributed by atoms with E-state index in [1.165, 1.54) is 24.1 Å². The highest BCUT2D eigenvalue weighted by Gasteiger charge is 2.27. The minimum Gasteiger partial charge on any atom is -0.497 e. The number of nitrogens with one attached hydrogen (secondary N) is 1. The van der Waals surface area contributed by atoms with Crippen molar-refractivity contribution in [1.82, 2.24) is 0 Å². The molecule has 0 unspecified atom stereocenters. The van der Waals surface area contributed by atoms with Gasteiger partial charge in [-0.2, -0.15) is 0 Å². The maximum Gasteiger partial charge on any atom is 0.264 e. The molecule has 0 bridgehead atoms. The molecule has 0 aliphatic carbocycles. The van der Waals surface area contributed by atoms with Crippen molar-refractivity contribution in [3.8, 4) is 5.75 Å². The number of thioether (sulfide) groups is 1. The fourth-order valence-electron chi connectivity index (χ4n) is 3.74. The molecule has 1 N–H and O–H groups in total. The summed E-state index contributed by atoms with van der Waals surface area (Å²) in [4.78, 5) is 14.4. The van der Waals surface area contributed by atoms with Crippen LogP contribution in [-0.2, 0) is 20.6 Å². The van der Waals surface area contributed by atoms with Crippen molar-refractivity contribution in [3.63, 3.8) is 0 Å². The van der Waals surface area contributed by atoms with Crippen LogP contribution in [0.15, 0.2) is 113 Å². The molecule has 0 atom stereocenters. The summed E-state index contributed by atoms with van der Waals surface area (Å²) in [6.45, 7) is 1.54. The normalized spacial score (nSPS) is 11.1. The molecule has 0 spiro atoms. The van der Waals surface area contributed by atoms with Gasteiger partial charge in [-0.3, -0.25) is 9.10 Å². The molecule has 190 valence electrons. The average Bonchev–Trinajstić information content (AvgIpc) is 2.93. The second-order valence-corrected chi connectivity index (χ2v) is 11.2. The Hall–Kier alpha value is -3.75. The fourth-order valence-corrected chi connectivity index (χ4v) is 6.05. The summed E-state index contributed by atoms with van der Waals surface area (Å²) in [6, 6.07) is 30.7. The van der Waals surface area contributed by atoms with Crippen LogP contribution in [0.5, 0.6) is 5.75 Å². The molecule has 4 aromatic rings. The van der Waals surface area contributed by atoms with Crippen LogP contribution in [0.25, 0.3) is 0 Å². The molecule has 8 heteroatoms.